The van der Waals surface area contributed by atoms with Crippen LogP contribution in [0, 0.1) is 5.82 Å². The third-order valence-corrected chi connectivity index (χ3v) is 6.02. The van der Waals surface area contributed by atoms with Gasteiger partial charge in [0.05, 0.1) is 31.2 Å². The second-order valence-corrected chi connectivity index (χ2v) is 8.17. The van der Waals surface area contributed by atoms with Crippen LogP contribution in [-0.4, -0.2) is 65.4 Å². The third-order valence-electron chi connectivity index (χ3n) is 6.02. The minimum Gasteiger partial charge on any atom is -0.423 e. The van der Waals surface area contributed by atoms with E-state index in [1.165, 1.54) is 12.1 Å². The SMILES string of the molecule is O=C(CCOCCc1cccc2c(=O)[nH]ncc12)N1CCN(c2nc3cc(F)ccc3o2)CC1. The molecular weight excluding hydrogens is 441 g/mol. The summed E-state index contributed by atoms with van der Waals surface area (Å²) in [6.07, 6.45) is 2.58. The number of aromatic amines is 1. The van der Waals surface area contributed by atoms with Crippen LogP contribution in [0.15, 0.2) is 51.8 Å². The Hall–Kier alpha value is -3.79. The van der Waals surface area contributed by atoms with Gasteiger partial charge in [0, 0.05) is 37.6 Å². The number of benzene rings is 2. The molecule has 1 fully saturated rings. The normalized spacial score (nSPS) is 14.3. The molecule has 34 heavy (non-hydrogen) atoms. The first-order valence-corrected chi connectivity index (χ1v) is 11.2. The van der Waals surface area contributed by atoms with Gasteiger partial charge in [-0.05, 0) is 30.2 Å². The predicted octanol–water partition coefficient (Wildman–Crippen LogP) is 2.50. The number of piperazine rings is 1. The first kappa shape index (κ1) is 22.0. The number of nitrogens with zero attached hydrogens (tertiary/aromatic N) is 4. The van der Waals surface area contributed by atoms with E-state index in [0.29, 0.717) is 74.7 Å². The summed E-state index contributed by atoms with van der Waals surface area (Å²) in [7, 11) is 0. The number of ether oxygens (including phenoxy) is 1. The van der Waals surface area contributed by atoms with E-state index in [4.69, 9.17) is 9.15 Å². The molecular formula is C24H24FN5O4. The van der Waals surface area contributed by atoms with Gasteiger partial charge < -0.3 is 19.0 Å². The zero-order valence-corrected chi connectivity index (χ0v) is 18.5. The van der Waals surface area contributed by atoms with Crippen molar-refractivity contribution in [1.82, 2.24) is 20.1 Å². The Morgan fingerprint density at radius 2 is 1.97 bits per heavy atom. The number of halogens is 1. The van der Waals surface area contributed by atoms with E-state index in [-0.39, 0.29) is 17.3 Å². The molecule has 4 aromatic rings. The number of anilines is 1. The van der Waals surface area contributed by atoms with Gasteiger partial charge in [0.2, 0.25) is 5.91 Å². The second kappa shape index (κ2) is 9.60. The van der Waals surface area contributed by atoms with Gasteiger partial charge in [0.1, 0.15) is 11.3 Å². The fourth-order valence-electron chi connectivity index (χ4n) is 4.17. The fourth-order valence-corrected chi connectivity index (χ4v) is 4.17. The minimum absolute atomic E-state index is 0.0418. The number of nitrogens with one attached hydrogen (secondary N) is 1. The van der Waals surface area contributed by atoms with Crippen LogP contribution in [-0.2, 0) is 16.0 Å². The molecule has 0 saturated carbocycles. The molecule has 176 valence electrons. The number of aromatic nitrogens is 3. The van der Waals surface area contributed by atoms with E-state index in [9.17, 15) is 14.0 Å². The number of hydrogen-bond donors (Lipinski definition) is 1. The molecule has 9 nitrogen and oxygen atoms in total. The summed E-state index contributed by atoms with van der Waals surface area (Å²) in [4.78, 5) is 32.6. The average molecular weight is 465 g/mol. The smallest absolute Gasteiger partial charge is 0.298 e. The van der Waals surface area contributed by atoms with Crippen molar-refractivity contribution in [3.05, 3.63) is 64.3 Å². The molecule has 2 aromatic heterocycles. The summed E-state index contributed by atoms with van der Waals surface area (Å²) < 4.78 is 24.8. The van der Waals surface area contributed by atoms with Crippen molar-refractivity contribution in [1.29, 1.82) is 0 Å². The van der Waals surface area contributed by atoms with Gasteiger partial charge in [-0.15, -0.1) is 0 Å². The van der Waals surface area contributed by atoms with Gasteiger partial charge in [0.15, 0.2) is 5.58 Å². The first-order chi connectivity index (χ1) is 16.6. The van der Waals surface area contributed by atoms with Crippen LogP contribution in [0.3, 0.4) is 0 Å². The summed E-state index contributed by atoms with van der Waals surface area (Å²) in [5, 5.41) is 7.73. The Bertz CT molecular complexity index is 1380. The van der Waals surface area contributed by atoms with Gasteiger partial charge in [-0.25, -0.2) is 9.49 Å². The van der Waals surface area contributed by atoms with Crippen LogP contribution in [0.2, 0.25) is 0 Å². The van der Waals surface area contributed by atoms with Crippen molar-refractivity contribution in [3.8, 4) is 0 Å². The maximum atomic E-state index is 13.4. The predicted molar refractivity (Wildman–Crippen MR) is 124 cm³/mol. The second-order valence-electron chi connectivity index (χ2n) is 8.17. The molecule has 0 atom stereocenters. The molecule has 1 amide bonds. The Morgan fingerprint density at radius 1 is 1.12 bits per heavy atom. The topological polar surface area (TPSA) is 105 Å². The zero-order chi connectivity index (χ0) is 23.5. The lowest BCUT2D eigenvalue weighted by atomic mass is 10.1. The molecule has 1 aliphatic heterocycles. The first-order valence-electron chi connectivity index (χ1n) is 11.2. The maximum Gasteiger partial charge on any atom is 0.298 e. The van der Waals surface area contributed by atoms with Gasteiger partial charge in [-0.3, -0.25) is 9.59 Å². The Morgan fingerprint density at radius 3 is 2.82 bits per heavy atom. The van der Waals surface area contributed by atoms with E-state index in [1.54, 1.807) is 18.3 Å². The number of carbonyl (C=O) groups is 1. The zero-order valence-electron chi connectivity index (χ0n) is 18.5. The van der Waals surface area contributed by atoms with E-state index in [0.717, 1.165) is 10.9 Å². The minimum atomic E-state index is -0.352. The highest BCUT2D eigenvalue weighted by atomic mass is 19.1. The molecule has 1 aliphatic rings. The van der Waals surface area contributed by atoms with Crippen molar-refractivity contribution in [2.45, 2.75) is 12.8 Å². The Balaban J connectivity index is 1.06. The Kier molecular flexibility index (Phi) is 6.22. The van der Waals surface area contributed by atoms with E-state index in [1.807, 2.05) is 21.9 Å². The van der Waals surface area contributed by atoms with Gasteiger partial charge in [0.25, 0.3) is 11.6 Å². The van der Waals surface area contributed by atoms with Crippen LogP contribution < -0.4 is 10.5 Å². The highest BCUT2D eigenvalue weighted by Gasteiger charge is 2.24. The van der Waals surface area contributed by atoms with Crippen LogP contribution in [0.1, 0.15) is 12.0 Å². The highest BCUT2D eigenvalue weighted by molar-refractivity contribution is 5.84. The van der Waals surface area contributed by atoms with Crippen LogP contribution >= 0.6 is 0 Å². The maximum absolute atomic E-state index is 13.4. The number of carbonyl (C=O) groups excluding carboxylic acids is 1. The molecule has 10 heteroatoms. The summed E-state index contributed by atoms with van der Waals surface area (Å²) in [5.41, 5.74) is 1.80. The fraction of sp³-hybridized carbons (Fsp3) is 0.333. The van der Waals surface area contributed by atoms with E-state index >= 15 is 0 Å². The van der Waals surface area contributed by atoms with Crippen molar-refractivity contribution in [2.24, 2.45) is 0 Å². The van der Waals surface area contributed by atoms with Crippen LogP contribution in [0.5, 0.6) is 0 Å². The number of hydrogen-bond acceptors (Lipinski definition) is 7. The molecule has 3 heterocycles. The van der Waals surface area contributed by atoms with Crippen LogP contribution in [0.4, 0.5) is 10.4 Å². The van der Waals surface area contributed by atoms with Crippen molar-refractivity contribution >= 4 is 33.8 Å². The molecule has 0 unspecified atom stereocenters. The van der Waals surface area contributed by atoms with Crippen LogP contribution in [0.25, 0.3) is 21.9 Å². The molecule has 1 saturated heterocycles. The van der Waals surface area contributed by atoms with Gasteiger partial charge in [-0.2, -0.15) is 10.1 Å². The summed E-state index contributed by atoms with van der Waals surface area (Å²) in [6.45, 7) is 3.09. The molecule has 0 bridgehead atoms. The lowest BCUT2D eigenvalue weighted by Crippen LogP contribution is -2.49. The third kappa shape index (κ3) is 4.62. The Labute approximate surface area is 194 Å². The number of amides is 1. The van der Waals surface area contributed by atoms with Gasteiger partial charge >= 0.3 is 0 Å². The van der Waals surface area contributed by atoms with Gasteiger partial charge in [-0.1, -0.05) is 12.1 Å². The lowest BCUT2D eigenvalue weighted by molar-refractivity contribution is -0.132. The molecule has 2 aromatic carbocycles. The number of H-pyrrole nitrogens is 1. The van der Waals surface area contributed by atoms with Crippen molar-refractivity contribution in [2.75, 3.05) is 44.3 Å². The average Bonchev–Trinajstić information content (AvgIpc) is 3.27. The summed E-state index contributed by atoms with van der Waals surface area (Å²) >= 11 is 0. The highest BCUT2D eigenvalue weighted by Crippen LogP contribution is 2.23. The quantitative estimate of drug-likeness (QED) is 0.418. The van der Waals surface area contributed by atoms with E-state index < -0.39 is 0 Å². The van der Waals surface area contributed by atoms with E-state index in [2.05, 4.69) is 15.2 Å². The summed E-state index contributed by atoms with van der Waals surface area (Å²) in [5.74, 6) is -0.311. The molecule has 1 N–H and O–H groups in total. The lowest BCUT2D eigenvalue weighted by Gasteiger charge is -2.33. The molecule has 5 rings (SSSR count). The molecule has 0 radical (unpaired) electrons. The summed E-state index contributed by atoms with van der Waals surface area (Å²) in [6, 6.07) is 10.3. The molecule has 0 spiro atoms. The number of oxazole rings is 1. The largest absolute Gasteiger partial charge is 0.423 e. The number of rotatable bonds is 7. The van der Waals surface area contributed by atoms with Crippen molar-refractivity contribution in [3.63, 3.8) is 0 Å². The number of fused-ring (bicyclic) bond motifs is 2. The monoisotopic (exact) mass is 465 g/mol. The standard InChI is InChI=1S/C24H24FN5O4/c25-17-4-5-21-20(14-17)27-24(34-21)30-10-8-29(9-11-30)22(31)7-13-33-12-6-16-2-1-3-18-19(16)15-26-28-23(18)32/h1-5,14-15H,6-13H2,(H,28,32). The van der Waals surface area contributed by atoms with Crippen molar-refractivity contribution < 1.29 is 18.3 Å². The molecule has 0 aliphatic carbocycles.